The highest BCUT2D eigenvalue weighted by Gasteiger charge is 2.07. The minimum atomic E-state index is 0.495. The van der Waals surface area contributed by atoms with Gasteiger partial charge in [0.15, 0.2) is 0 Å². The van der Waals surface area contributed by atoms with Crippen molar-refractivity contribution in [2.45, 2.75) is 46.8 Å². The molecule has 0 fully saturated rings. The van der Waals surface area contributed by atoms with E-state index in [2.05, 4.69) is 47.7 Å². The van der Waals surface area contributed by atoms with Gasteiger partial charge in [0.1, 0.15) is 5.01 Å². The van der Waals surface area contributed by atoms with E-state index in [0.717, 1.165) is 29.5 Å². The van der Waals surface area contributed by atoms with Crippen LogP contribution in [0.4, 0.5) is 0 Å². The Kier molecular flexibility index (Phi) is 4.14. The molecule has 0 unspecified atom stereocenters. The van der Waals surface area contributed by atoms with Gasteiger partial charge in [-0.05, 0) is 13.8 Å². The SMILES string of the molecule is Cc1csc(Cn2cc(CNC(C)C)c(C)n2)n1. The normalized spacial score (nSPS) is 11.4. The number of rotatable bonds is 5. The van der Waals surface area contributed by atoms with Gasteiger partial charge in [-0.15, -0.1) is 11.3 Å². The first-order valence-electron chi connectivity index (χ1n) is 6.22. The molecule has 0 atom stereocenters. The van der Waals surface area contributed by atoms with Crippen LogP contribution in [0.3, 0.4) is 0 Å². The Morgan fingerprint density at radius 3 is 2.78 bits per heavy atom. The van der Waals surface area contributed by atoms with Crippen molar-refractivity contribution in [1.29, 1.82) is 0 Å². The lowest BCUT2D eigenvalue weighted by atomic mass is 10.2. The van der Waals surface area contributed by atoms with Crippen LogP contribution in [0, 0.1) is 13.8 Å². The van der Waals surface area contributed by atoms with Gasteiger partial charge in [0, 0.05) is 35.4 Å². The van der Waals surface area contributed by atoms with E-state index in [0.29, 0.717) is 6.04 Å². The Bertz CT molecular complexity index is 513. The summed E-state index contributed by atoms with van der Waals surface area (Å²) in [4.78, 5) is 4.46. The van der Waals surface area contributed by atoms with E-state index in [-0.39, 0.29) is 0 Å². The first-order chi connectivity index (χ1) is 8.54. The van der Waals surface area contributed by atoms with Crippen LogP contribution in [0.2, 0.25) is 0 Å². The molecule has 98 valence electrons. The third-order valence-corrected chi connectivity index (χ3v) is 3.66. The average Bonchev–Trinajstić information content (AvgIpc) is 2.83. The van der Waals surface area contributed by atoms with E-state index >= 15 is 0 Å². The van der Waals surface area contributed by atoms with E-state index in [1.165, 1.54) is 5.56 Å². The topological polar surface area (TPSA) is 42.7 Å². The van der Waals surface area contributed by atoms with Crippen LogP contribution in [0.25, 0.3) is 0 Å². The molecule has 0 saturated carbocycles. The summed E-state index contributed by atoms with van der Waals surface area (Å²) in [7, 11) is 0. The Hall–Kier alpha value is -1.20. The van der Waals surface area contributed by atoms with E-state index in [4.69, 9.17) is 0 Å². The van der Waals surface area contributed by atoms with Crippen LogP contribution in [-0.4, -0.2) is 20.8 Å². The Balaban J connectivity index is 2.04. The molecular weight excluding hydrogens is 244 g/mol. The zero-order valence-corrected chi connectivity index (χ0v) is 12.2. The average molecular weight is 264 g/mol. The molecule has 5 heteroatoms. The summed E-state index contributed by atoms with van der Waals surface area (Å²) >= 11 is 1.69. The van der Waals surface area contributed by atoms with Crippen LogP contribution < -0.4 is 5.32 Å². The maximum atomic E-state index is 4.54. The van der Waals surface area contributed by atoms with E-state index in [1.54, 1.807) is 11.3 Å². The summed E-state index contributed by atoms with van der Waals surface area (Å²) < 4.78 is 1.98. The van der Waals surface area contributed by atoms with Crippen molar-refractivity contribution in [2.24, 2.45) is 0 Å². The summed E-state index contributed by atoms with van der Waals surface area (Å²) in [6, 6.07) is 0.495. The molecule has 0 spiro atoms. The summed E-state index contributed by atoms with van der Waals surface area (Å²) in [6.45, 7) is 10.0. The Labute approximate surface area is 112 Å². The van der Waals surface area contributed by atoms with Crippen molar-refractivity contribution < 1.29 is 0 Å². The number of nitrogens with zero attached hydrogens (tertiary/aromatic N) is 3. The number of nitrogens with one attached hydrogen (secondary N) is 1. The first-order valence-corrected chi connectivity index (χ1v) is 7.10. The molecule has 2 aromatic heterocycles. The number of aryl methyl sites for hydroxylation is 2. The van der Waals surface area contributed by atoms with Gasteiger partial charge in [0.2, 0.25) is 0 Å². The molecule has 2 heterocycles. The fourth-order valence-electron chi connectivity index (χ4n) is 1.74. The molecule has 0 radical (unpaired) electrons. The van der Waals surface area contributed by atoms with Crippen molar-refractivity contribution in [2.75, 3.05) is 0 Å². The highest BCUT2D eigenvalue weighted by molar-refractivity contribution is 7.09. The summed E-state index contributed by atoms with van der Waals surface area (Å²) in [5.41, 5.74) is 3.44. The van der Waals surface area contributed by atoms with Crippen molar-refractivity contribution in [3.05, 3.63) is 33.5 Å². The van der Waals surface area contributed by atoms with Crippen molar-refractivity contribution >= 4 is 11.3 Å². The third kappa shape index (κ3) is 3.40. The van der Waals surface area contributed by atoms with Gasteiger partial charge >= 0.3 is 0 Å². The quantitative estimate of drug-likeness (QED) is 0.902. The van der Waals surface area contributed by atoms with E-state index in [9.17, 15) is 0 Å². The van der Waals surface area contributed by atoms with Gasteiger partial charge in [-0.25, -0.2) is 4.98 Å². The van der Waals surface area contributed by atoms with Crippen LogP contribution in [0.15, 0.2) is 11.6 Å². The van der Waals surface area contributed by atoms with Gasteiger partial charge in [-0.2, -0.15) is 5.10 Å². The predicted molar refractivity (Wildman–Crippen MR) is 74.9 cm³/mol. The highest BCUT2D eigenvalue weighted by Crippen LogP contribution is 2.12. The Morgan fingerprint density at radius 2 is 2.17 bits per heavy atom. The molecule has 0 bridgehead atoms. The zero-order valence-electron chi connectivity index (χ0n) is 11.4. The molecule has 0 saturated heterocycles. The molecule has 2 aromatic rings. The molecule has 0 aliphatic carbocycles. The molecule has 0 aliphatic rings. The third-order valence-electron chi connectivity index (χ3n) is 2.71. The molecule has 18 heavy (non-hydrogen) atoms. The van der Waals surface area contributed by atoms with Crippen molar-refractivity contribution in [1.82, 2.24) is 20.1 Å². The van der Waals surface area contributed by atoms with Gasteiger partial charge in [0.05, 0.1) is 12.2 Å². The largest absolute Gasteiger partial charge is 0.310 e. The maximum Gasteiger partial charge on any atom is 0.114 e. The van der Waals surface area contributed by atoms with E-state index in [1.807, 2.05) is 11.6 Å². The summed E-state index contributed by atoms with van der Waals surface area (Å²) in [5, 5.41) is 11.1. The lowest BCUT2D eigenvalue weighted by Gasteiger charge is -2.06. The number of hydrogen-bond acceptors (Lipinski definition) is 4. The molecule has 0 amide bonds. The fraction of sp³-hybridized carbons (Fsp3) is 0.538. The van der Waals surface area contributed by atoms with Crippen molar-refractivity contribution in [3.8, 4) is 0 Å². The number of thiazole rings is 1. The smallest absolute Gasteiger partial charge is 0.114 e. The van der Waals surface area contributed by atoms with E-state index < -0.39 is 0 Å². The highest BCUT2D eigenvalue weighted by atomic mass is 32.1. The number of hydrogen-bond donors (Lipinski definition) is 1. The second kappa shape index (κ2) is 5.63. The summed E-state index contributed by atoms with van der Waals surface area (Å²) in [5.74, 6) is 0. The molecule has 2 rings (SSSR count). The molecule has 1 N–H and O–H groups in total. The van der Waals surface area contributed by atoms with Gasteiger partial charge < -0.3 is 5.32 Å². The molecular formula is C13H20N4S. The Morgan fingerprint density at radius 1 is 1.39 bits per heavy atom. The fourth-order valence-corrected chi connectivity index (χ4v) is 2.50. The lowest BCUT2D eigenvalue weighted by Crippen LogP contribution is -2.21. The molecule has 0 aromatic carbocycles. The predicted octanol–water partition coefficient (Wildman–Crippen LogP) is 2.50. The van der Waals surface area contributed by atoms with Crippen molar-refractivity contribution in [3.63, 3.8) is 0 Å². The maximum absolute atomic E-state index is 4.54. The van der Waals surface area contributed by atoms with Gasteiger partial charge in [-0.1, -0.05) is 13.8 Å². The lowest BCUT2D eigenvalue weighted by molar-refractivity contribution is 0.587. The minimum Gasteiger partial charge on any atom is -0.310 e. The van der Waals surface area contributed by atoms with Crippen LogP contribution in [0.5, 0.6) is 0 Å². The first kappa shape index (κ1) is 13.2. The number of aromatic nitrogens is 3. The minimum absolute atomic E-state index is 0.495. The zero-order chi connectivity index (χ0) is 13.1. The van der Waals surface area contributed by atoms with Crippen LogP contribution in [0.1, 0.15) is 35.8 Å². The standard InChI is InChI=1S/C13H20N4S/c1-9(2)14-5-12-6-17(16-11(12)4)7-13-15-10(3)8-18-13/h6,8-9,14H,5,7H2,1-4H3. The molecule has 4 nitrogen and oxygen atoms in total. The second-order valence-corrected chi connectivity index (χ2v) is 5.80. The monoisotopic (exact) mass is 264 g/mol. The second-order valence-electron chi connectivity index (χ2n) is 4.86. The van der Waals surface area contributed by atoms with Gasteiger partial charge in [-0.3, -0.25) is 4.68 Å². The molecule has 0 aliphatic heterocycles. The van der Waals surface area contributed by atoms with Gasteiger partial charge in [0.25, 0.3) is 0 Å². The summed E-state index contributed by atoms with van der Waals surface area (Å²) in [6.07, 6.45) is 2.11. The van der Waals surface area contributed by atoms with Crippen LogP contribution in [-0.2, 0) is 13.1 Å². The van der Waals surface area contributed by atoms with Crippen LogP contribution >= 0.6 is 11.3 Å².